The summed E-state index contributed by atoms with van der Waals surface area (Å²) in [6.45, 7) is 9.28. The number of aryl methyl sites for hydroxylation is 1. The first-order chi connectivity index (χ1) is 11.3. The van der Waals surface area contributed by atoms with E-state index in [1.165, 1.54) is 0 Å². The van der Waals surface area contributed by atoms with Gasteiger partial charge in [-0.15, -0.1) is 0 Å². The number of hydrogen-bond donors (Lipinski definition) is 0. The molecule has 2 aromatic rings. The summed E-state index contributed by atoms with van der Waals surface area (Å²) in [5, 5.41) is 4.09. The van der Waals surface area contributed by atoms with Crippen molar-refractivity contribution in [1.82, 2.24) is 20.0 Å². The first kappa shape index (κ1) is 16.6. The summed E-state index contributed by atoms with van der Waals surface area (Å²) in [5.41, 5.74) is 1.54. The van der Waals surface area contributed by atoms with E-state index >= 15 is 0 Å². The van der Waals surface area contributed by atoms with Crippen LogP contribution in [0.25, 0.3) is 11.4 Å². The van der Waals surface area contributed by atoms with Crippen LogP contribution in [0.5, 0.6) is 0 Å². The van der Waals surface area contributed by atoms with Gasteiger partial charge >= 0.3 is 0 Å². The van der Waals surface area contributed by atoms with E-state index in [1.807, 2.05) is 38.7 Å². The van der Waals surface area contributed by atoms with Gasteiger partial charge in [0.15, 0.2) is 0 Å². The van der Waals surface area contributed by atoms with Crippen molar-refractivity contribution in [3.05, 3.63) is 29.9 Å². The molecule has 0 saturated carbocycles. The van der Waals surface area contributed by atoms with E-state index in [4.69, 9.17) is 4.52 Å². The molecule has 24 heavy (non-hydrogen) atoms. The number of amides is 1. The molecule has 3 heterocycles. The largest absolute Gasteiger partial charge is 0.341 e. The van der Waals surface area contributed by atoms with Gasteiger partial charge in [0, 0.05) is 36.5 Å². The van der Waals surface area contributed by atoms with Crippen LogP contribution in [0.15, 0.2) is 23.0 Å². The summed E-state index contributed by atoms with van der Waals surface area (Å²) in [4.78, 5) is 23.2. The average Bonchev–Trinajstić information content (AvgIpc) is 3.03. The van der Waals surface area contributed by atoms with E-state index in [0.717, 1.165) is 30.5 Å². The van der Waals surface area contributed by atoms with Crippen LogP contribution in [0.2, 0.25) is 0 Å². The summed E-state index contributed by atoms with van der Waals surface area (Å²) < 4.78 is 5.49. The molecule has 0 N–H and O–H groups in total. The molecule has 2 aromatic heterocycles. The van der Waals surface area contributed by atoms with Crippen LogP contribution in [0.4, 0.5) is 0 Å². The molecule has 128 valence electrons. The molecule has 0 unspecified atom stereocenters. The average molecular weight is 328 g/mol. The number of carbonyl (C=O) groups is 1. The Morgan fingerprint density at radius 3 is 2.83 bits per heavy atom. The Balaban J connectivity index is 1.76. The number of likely N-dealkylation sites (tertiary alicyclic amines) is 1. The van der Waals surface area contributed by atoms with E-state index in [2.05, 4.69) is 15.1 Å². The lowest BCUT2D eigenvalue weighted by Crippen LogP contribution is -2.44. The predicted octanol–water partition coefficient (Wildman–Crippen LogP) is 3.19. The lowest BCUT2D eigenvalue weighted by molar-refractivity contribution is -0.140. The molecule has 0 aromatic carbocycles. The third-order valence-electron chi connectivity index (χ3n) is 4.27. The third kappa shape index (κ3) is 3.47. The molecule has 1 saturated heterocycles. The van der Waals surface area contributed by atoms with Gasteiger partial charge in [-0.05, 0) is 31.4 Å². The topological polar surface area (TPSA) is 72.1 Å². The summed E-state index contributed by atoms with van der Waals surface area (Å²) in [7, 11) is 0. The van der Waals surface area contributed by atoms with Gasteiger partial charge in [0.1, 0.15) is 0 Å². The van der Waals surface area contributed by atoms with Crippen molar-refractivity contribution in [1.29, 1.82) is 0 Å². The second-order valence-electron chi connectivity index (χ2n) is 7.55. The normalized spacial score (nSPS) is 18.7. The summed E-state index contributed by atoms with van der Waals surface area (Å²) in [5.74, 6) is 1.44. The molecule has 1 aliphatic rings. The quantitative estimate of drug-likeness (QED) is 0.846. The van der Waals surface area contributed by atoms with Crippen LogP contribution >= 0.6 is 0 Å². The molecule has 0 radical (unpaired) electrons. The van der Waals surface area contributed by atoms with Gasteiger partial charge in [0.2, 0.25) is 17.6 Å². The van der Waals surface area contributed by atoms with Gasteiger partial charge in [-0.2, -0.15) is 4.98 Å². The van der Waals surface area contributed by atoms with Crippen LogP contribution < -0.4 is 0 Å². The van der Waals surface area contributed by atoms with E-state index < -0.39 is 0 Å². The van der Waals surface area contributed by atoms with Crippen LogP contribution in [-0.2, 0) is 4.79 Å². The molecule has 6 heteroatoms. The van der Waals surface area contributed by atoms with Gasteiger partial charge in [0.25, 0.3) is 0 Å². The van der Waals surface area contributed by atoms with E-state index in [1.54, 1.807) is 12.4 Å². The Kier molecular flexibility index (Phi) is 4.39. The number of carbonyl (C=O) groups excluding carboxylic acids is 1. The summed E-state index contributed by atoms with van der Waals surface area (Å²) >= 11 is 0. The Labute approximate surface area is 142 Å². The van der Waals surface area contributed by atoms with Crippen molar-refractivity contribution in [3.8, 4) is 11.4 Å². The molecule has 1 fully saturated rings. The Bertz CT molecular complexity index is 733. The lowest BCUT2D eigenvalue weighted by Gasteiger charge is -2.35. The predicted molar refractivity (Wildman–Crippen MR) is 90.3 cm³/mol. The molecular formula is C18H24N4O2. The molecule has 1 atom stereocenters. The molecule has 0 bridgehead atoms. The van der Waals surface area contributed by atoms with Crippen molar-refractivity contribution in [2.45, 2.75) is 46.5 Å². The number of piperidine rings is 1. The molecule has 0 spiro atoms. The molecule has 1 amide bonds. The minimum atomic E-state index is -0.366. The van der Waals surface area contributed by atoms with Crippen molar-refractivity contribution in [2.75, 3.05) is 13.1 Å². The van der Waals surface area contributed by atoms with Gasteiger partial charge in [-0.1, -0.05) is 25.9 Å². The zero-order valence-corrected chi connectivity index (χ0v) is 14.7. The maximum absolute atomic E-state index is 12.5. The van der Waals surface area contributed by atoms with Crippen molar-refractivity contribution < 1.29 is 9.32 Å². The monoisotopic (exact) mass is 328 g/mol. The van der Waals surface area contributed by atoms with Gasteiger partial charge in [-0.3, -0.25) is 9.78 Å². The highest BCUT2D eigenvalue weighted by atomic mass is 16.5. The number of pyridine rings is 1. The Morgan fingerprint density at radius 2 is 2.12 bits per heavy atom. The first-order valence-electron chi connectivity index (χ1n) is 8.39. The minimum Gasteiger partial charge on any atom is -0.341 e. The van der Waals surface area contributed by atoms with E-state index in [-0.39, 0.29) is 17.2 Å². The second kappa shape index (κ2) is 6.34. The SMILES string of the molecule is Cc1cncc(-c2noc([C@H]3CCCN(C(=O)C(C)(C)C)C3)n2)c1. The molecule has 3 rings (SSSR count). The third-order valence-corrected chi connectivity index (χ3v) is 4.27. The lowest BCUT2D eigenvalue weighted by atomic mass is 9.91. The molecule has 6 nitrogen and oxygen atoms in total. The van der Waals surface area contributed by atoms with Crippen LogP contribution in [0, 0.1) is 12.3 Å². The van der Waals surface area contributed by atoms with Gasteiger partial charge < -0.3 is 9.42 Å². The summed E-state index contributed by atoms with van der Waals surface area (Å²) in [6.07, 6.45) is 5.44. The molecule has 0 aliphatic carbocycles. The number of aromatic nitrogens is 3. The van der Waals surface area contributed by atoms with Crippen LogP contribution in [0.1, 0.15) is 51.0 Å². The zero-order chi connectivity index (χ0) is 17.3. The van der Waals surface area contributed by atoms with Crippen LogP contribution in [-0.4, -0.2) is 39.0 Å². The maximum atomic E-state index is 12.5. The first-order valence-corrected chi connectivity index (χ1v) is 8.39. The van der Waals surface area contributed by atoms with Crippen molar-refractivity contribution >= 4 is 5.91 Å². The molecular weight excluding hydrogens is 304 g/mol. The minimum absolute atomic E-state index is 0.101. The standard InChI is InChI=1S/C18H24N4O2/c1-12-8-14(10-19-9-12)15-20-16(24-21-15)13-6-5-7-22(11-13)17(23)18(2,3)4/h8-10,13H,5-7,11H2,1-4H3/t13-/m0/s1. The zero-order valence-electron chi connectivity index (χ0n) is 14.7. The number of nitrogens with zero attached hydrogens (tertiary/aromatic N) is 4. The Morgan fingerprint density at radius 1 is 1.33 bits per heavy atom. The maximum Gasteiger partial charge on any atom is 0.231 e. The second-order valence-corrected chi connectivity index (χ2v) is 7.55. The van der Waals surface area contributed by atoms with Gasteiger partial charge in [-0.25, -0.2) is 0 Å². The van der Waals surface area contributed by atoms with Crippen molar-refractivity contribution in [2.24, 2.45) is 5.41 Å². The van der Waals surface area contributed by atoms with Crippen LogP contribution in [0.3, 0.4) is 0 Å². The van der Waals surface area contributed by atoms with E-state index in [0.29, 0.717) is 18.3 Å². The highest BCUT2D eigenvalue weighted by molar-refractivity contribution is 5.81. The molecule has 1 aliphatic heterocycles. The number of hydrogen-bond acceptors (Lipinski definition) is 5. The number of rotatable bonds is 2. The fourth-order valence-corrected chi connectivity index (χ4v) is 3.03. The fraction of sp³-hybridized carbons (Fsp3) is 0.556. The Hall–Kier alpha value is -2.24. The highest BCUT2D eigenvalue weighted by Gasteiger charge is 2.33. The fourth-order valence-electron chi connectivity index (χ4n) is 3.03. The van der Waals surface area contributed by atoms with Crippen molar-refractivity contribution in [3.63, 3.8) is 0 Å². The highest BCUT2D eigenvalue weighted by Crippen LogP contribution is 2.30. The van der Waals surface area contributed by atoms with Gasteiger partial charge in [0.05, 0.1) is 5.92 Å². The van der Waals surface area contributed by atoms with E-state index in [9.17, 15) is 4.79 Å². The summed E-state index contributed by atoms with van der Waals surface area (Å²) in [6, 6.07) is 1.98. The smallest absolute Gasteiger partial charge is 0.231 e.